The van der Waals surface area contributed by atoms with Crippen LogP contribution < -0.4 is 9.47 Å². The molecule has 1 aliphatic rings. The van der Waals surface area contributed by atoms with Crippen LogP contribution in [0.5, 0.6) is 17.4 Å². The van der Waals surface area contributed by atoms with Gasteiger partial charge in [-0.1, -0.05) is 0 Å². The number of hydrogen-bond donors (Lipinski definition) is 0. The second-order valence-corrected chi connectivity index (χ2v) is 7.57. The second-order valence-electron chi connectivity index (χ2n) is 7.57. The standard InChI is InChI=1S/C23H22F3N3O4/c1-15(21(30)19(13-27)22(31)29-11-3-2-4-12-29)32-17-6-8-18(9-7-17)33-20-10-5-16(14-28-20)23(24,25)26/h5-10,14-15,19H,2-4,11-12H2,1H3. The zero-order valence-corrected chi connectivity index (χ0v) is 17.8. The number of ether oxygens (including phenoxy) is 2. The van der Waals surface area contributed by atoms with E-state index in [-0.39, 0.29) is 5.88 Å². The third kappa shape index (κ3) is 6.22. The van der Waals surface area contributed by atoms with Crippen molar-refractivity contribution in [3.05, 3.63) is 48.2 Å². The molecule has 1 amide bonds. The number of amides is 1. The van der Waals surface area contributed by atoms with Gasteiger partial charge >= 0.3 is 6.18 Å². The molecule has 2 heterocycles. The molecule has 2 atom stereocenters. The van der Waals surface area contributed by atoms with Crippen LogP contribution in [0, 0.1) is 17.2 Å². The van der Waals surface area contributed by atoms with Gasteiger partial charge in [-0.25, -0.2) is 4.98 Å². The van der Waals surface area contributed by atoms with Gasteiger partial charge in [-0.3, -0.25) is 9.59 Å². The lowest BCUT2D eigenvalue weighted by Crippen LogP contribution is -2.44. The largest absolute Gasteiger partial charge is 0.483 e. The van der Waals surface area contributed by atoms with Gasteiger partial charge in [-0.2, -0.15) is 18.4 Å². The second kappa shape index (κ2) is 10.3. The first-order valence-electron chi connectivity index (χ1n) is 10.4. The van der Waals surface area contributed by atoms with E-state index < -0.39 is 35.5 Å². The summed E-state index contributed by atoms with van der Waals surface area (Å²) in [7, 11) is 0. The maximum Gasteiger partial charge on any atom is 0.417 e. The van der Waals surface area contributed by atoms with Crippen LogP contribution in [-0.2, 0) is 15.8 Å². The summed E-state index contributed by atoms with van der Waals surface area (Å²) in [5.41, 5.74) is -0.883. The highest BCUT2D eigenvalue weighted by atomic mass is 19.4. The average molecular weight is 461 g/mol. The van der Waals surface area contributed by atoms with Gasteiger partial charge in [0.05, 0.1) is 11.6 Å². The number of aromatic nitrogens is 1. The zero-order chi connectivity index (χ0) is 24.0. The van der Waals surface area contributed by atoms with Gasteiger partial charge in [0.2, 0.25) is 11.8 Å². The van der Waals surface area contributed by atoms with Crippen molar-refractivity contribution in [1.82, 2.24) is 9.88 Å². The molecule has 1 fully saturated rings. The number of hydrogen-bond acceptors (Lipinski definition) is 6. The molecule has 1 aromatic carbocycles. The van der Waals surface area contributed by atoms with E-state index in [9.17, 15) is 28.0 Å². The lowest BCUT2D eigenvalue weighted by Gasteiger charge is -2.28. The van der Waals surface area contributed by atoms with E-state index in [0.29, 0.717) is 30.8 Å². The summed E-state index contributed by atoms with van der Waals surface area (Å²) in [5.74, 6) is -1.97. The zero-order valence-electron chi connectivity index (χ0n) is 17.8. The molecule has 1 aliphatic heterocycles. The Bertz CT molecular complexity index is 1010. The van der Waals surface area contributed by atoms with Crippen LogP contribution in [0.25, 0.3) is 0 Å². The molecule has 0 saturated carbocycles. The van der Waals surface area contributed by atoms with Crippen LogP contribution >= 0.6 is 0 Å². The maximum absolute atomic E-state index is 12.7. The molecule has 33 heavy (non-hydrogen) atoms. The topological polar surface area (TPSA) is 92.5 Å². The van der Waals surface area contributed by atoms with E-state index in [1.807, 2.05) is 0 Å². The average Bonchev–Trinajstić information content (AvgIpc) is 2.81. The SMILES string of the molecule is CC(Oc1ccc(Oc2ccc(C(F)(F)F)cn2)cc1)C(=O)C(C#N)C(=O)N1CCCCC1. The number of likely N-dealkylation sites (tertiary alicyclic amines) is 1. The molecule has 1 saturated heterocycles. The van der Waals surface area contributed by atoms with Gasteiger partial charge in [-0.15, -0.1) is 0 Å². The van der Waals surface area contributed by atoms with Crippen LogP contribution in [0.1, 0.15) is 31.7 Å². The van der Waals surface area contributed by atoms with Crippen molar-refractivity contribution in [2.75, 3.05) is 13.1 Å². The summed E-state index contributed by atoms with van der Waals surface area (Å²) in [6.07, 6.45) is -2.13. The van der Waals surface area contributed by atoms with Crippen LogP contribution in [0.4, 0.5) is 13.2 Å². The fourth-order valence-corrected chi connectivity index (χ4v) is 3.35. The van der Waals surface area contributed by atoms with E-state index in [1.54, 1.807) is 11.0 Å². The molecule has 0 N–H and O–H groups in total. The minimum Gasteiger partial charge on any atom is -0.483 e. The number of alkyl halides is 3. The predicted molar refractivity (Wildman–Crippen MR) is 110 cm³/mol. The molecule has 0 bridgehead atoms. The first-order valence-corrected chi connectivity index (χ1v) is 10.4. The quantitative estimate of drug-likeness (QED) is 0.568. The maximum atomic E-state index is 12.7. The van der Waals surface area contributed by atoms with Crippen molar-refractivity contribution < 1.29 is 32.2 Å². The number of benzene rings is 1. The Morgan fingerprint density at radius 3 is 2.24 bits per heavy atom. The molecule has 2 aromatic rings. The van der Waals surface area contributed by atoms with Crippen molar-refractivity contribution in [3.63, 3.8) is 0 Å². The normalized spacial score (nSPS) is 15.8. The highest BCUT2D eigenvalue weighted by Gasteiger charge is 2.35. The number of carbonyl (C=O) groups excluding carboxylic acids is 2. The molecule has 0 aliphatic carbocycles. The molecule has 7 nitrogen and oxygen atoms in total. The monoisotopic (exact) mass is 461 g/mol. The smallest absolute Gasteiger partial charge is 0.417 e. The molecule has 0 spiro atoms. The van der Waals surface area contributed by atoms with Crippen molar-refractivity contribution in [1.29, 1.82) is 5.26 Å². The van der Waals surface area contributed by atoms with Gasteiger partial charge in [-0.05, 0) is 56.5 Å². The van der Waals surface area contributed by atoms with Gasteiger partial charge in [0, 0.05) is 25.4 Å². The van der Waals surface area contributed by atoms with Crippen molar-refractivity contribution >= 4 is 11.7 Å². The summed E-state index contributed by atoms with van der Waals surface area (Å²) in [6.45, 7) is 2.54. The molecule has 2 unspecified atom stereocenters. The van der Waals surface area contributed by atoms with Crippen LogP contribution in [0.15, 0.2) is 42.6 Å². The Labute approximate surface area is 188 Å². The summed E-state index contributed by atoms with van der Waals surface area (Å²) < 4.78 is 48.8. The minimum atomic E-state index is -4.48. The molecule has 10 heteroatoms. The van der Waals surface area contributed by atoms with E-state index in [4.69, 9.17) is 9.47 Å². The molecule has 1 aromatic heterocycles. The fourth-order valence-electron chi connectivity index (χ4n) is 3.35. The van der Waals surface area contributed by atoms with E-state index in [1.165, 1.54) is 31.2 Å². The Balaban J connectivity index is 1.58. The Hall–Kier alpha value is -3.61. The van der Waals surface area contributed by atoms with Crippen LogP contribution in [0.2, 0.25) is 0 Å². The Morgan fingerprint density at radius 2 is 1.70 bits per heavy atom. The third-order valence-electron chi connectivity index (χ3n) is 5.15. The number of pyridine rings is 1. The Morgan fingerprint density at radius 1 is 1.06 bits per heavy atom. The highest BCUT2D eigenvalue weighted by molar-refractivity contribution is 6.05. The first-order chi connectivity index (χ1) is 15.7. The summed E-state index contributed by atoms with van der Waals surface area (Å²) in [5, 5.41) is 9.39. The number of carbonyl (C=O) groups is 2. The van der Waals surface area contributed by atoms with Gasteiger partial charge in [0.25, 0.3) is 0 Å². The predicted octanol–water partition coefficient (Wildman–Crippen LogP) is 4.38. The van der Waals surface area contributed by atoms with Crippen molar-refractivity contribution in [2.24, 2.45) is 5.92 Å². The number of ketones is 1. The summed E-state index contributed by atoms with van der Waals surface area (Å²) >= 11 is 0. The number of nitriles is 1. The van der Waals surface area contributed by atoms with E-state index in [0.717, 1.165) is 31.4 Å². The van der Waals surface area contributed by atoms with E-state index >= 15 is 0 Å². The first kappa shape index (κ1) is 24.0. The van der Waals surface area contributed by atoms with Crippen LogP contribution in [0.3, 0.4) is 0 Å². The number of rotatable bonds is 7. The van der Waals surface area contributed by atoms with E-state index in [2.05, 4.69) is 4.98 Å². The molecule has 174 valence electrons. The summed E-state index contributed by atoms with van der Waals surface area (Å²) in [4.78, 5) is 30.4. The van der Waals surface area contributed by atoms with Crippen molar-refractivity contribution in [3.8, 4) is 23.4 Å². The fraction of sp³-hybridized carbons (Fsp3) is 0.391. The lowest BCUT2D eigenvalue weighted by atomic mass is 9.99. The van der Waals surface area contributed by atoms with Crippen molar-refractivity contribution in [2.45, 2.75) is 38.5 Å². The number of halogens is 3. The van der Waals surface area contributed by atoms with Crippen LogP contribution in [-0.4, -0.2) is 40.8 Å². The van der Waals surface area contributed by atoms with Gasteiger partial charge in [0.15, 0.2) is 17.8 Å². The number of Topliss-reactive ketones (excluding diaryl/α,β-unsaturated/α-hetero) is 1. The molecule has 3 rings (SSSR count). The summed E-state index contributed by atoms with van der Waals surface area (Å²) in [6, 6.07) is 9.75. The minimum absolute atomic E-state index is 0.0201. The highest BCUT2D eigenvalue weighted by Crippen LogP contribution is 2.30. The molecule has 0 radical (unpaired) electrons. The van der Waals surface area contributed by atoms with Gasteiger partial charge < -0.3 is 14.4 Å². The number of piperidine rings is 1. The number of nitrogens with zero attached hydrogens (tertiary/aromatic N) is 3. The molecular formula is C23H22F3N3O4. The lowest BCUT2D eigenvalue weighted by molar-refractivity contribution is -0.142. The Kier molecular flexibility index (Phi) is 7.53. The molecular weight excluding hydrogens is 439 g/mol. The van der Waals surface area contributed by atoms with Gasteiger partial charge in [0.1, 0.15) is 11.5 Å². The third-order valence-corrected chi connectivity index (χ3v) is 5.15.